The van der Waals surface area contributed by atoms with E-state index in [-0.39, 0.29) is 24.3 Å². The number of anilines is 2. The standard InChI is InChI=1S/C20H24N2O3/c1-4-15-7-5-6-8-18(15)22-20(24)13-19(23)21-16-9-11-17(12-10-16)25-14(2)3/h5-12,14H,4,13H2,1-3H3,(H,21,23)(H,22,24). The Balaban J connectivity index is 1.88. The predicted molar refractivity (Wildman–Crippen MR) is 99.9 cm³/mol. The number of aryl methyl sites for hydroxylation is 1. The molecule has 0 saturated heterocycles. The van der Waals surface area contributed by atoms with Crippen LogP contribution in [0.4, 0.5) is 11.4 Å². The fourth-order valence-electron chi connectivity index (χ4n) is 2.38. The highest BCUT2D eigenvalue weighted by molar-refractivity contribution is 6.08. The van der Waals surface area contributed by atoms with Crippen molar-refractivity contribution in [1.29, 1.82) is 0 Å². The summed E-state index contributed by atoms with van der Waals surface area (Å²) in [7, 11) is 0. The molecule has 5 heteroatoms. The van der Waals surface area contributed by atoms with E-state index in [9.17, 15) is 9.59 Å². The van der Waals surface area contributed by atoms with E-state index in [1.807, 2.05) is 45.0 Å². The van der Waals surface area contributed by atoms with Crippen LogP contribution in [0.2, 0.25) is 0 Å². The minimum atomic E-state index is -0.357. The van der Waals surface area contributed by atoms with E-state index in [1.165, 1.54) is 0 Å². The topological polar surface area (TPSA) is 67.4 Å². The van der Waals surface area contributed by atoms with Crippen molar-refractivity contribution < 1.29 is 14.3 Å². The molecule has 0 saturated carbocycles. The lowest BCUT2D eigenvalue weighted by atomic mass is 10.1. The molecule has 5 nitrogen and oxygen atoms in total. The van der Waals surface area contributed by atoms with Crippen molar-refractivity contribution in [3.05, 3.63) is 54.1 Å². The number of nitrogens with one attached hydrogen (secondary N) is 2. The molecule has 0 bridgehead atoms. The molecule has 2 N–H and O–H groups in total. The Labute approximate surface area is 148 Å². The zero-order valence-electron chi connectivity index (χ0n) is 14.8. The number of hydrogen-bond donors (Lipinski definition) is 2. The summed E-state index contributed by atoms with van der Waals surface area (Å²) in [5, 5.41) is 5.50. The van der Waals surface area contributed by atoms with Gasteiger partial charge < -0.3 is 15.4 Å². The second-order valence-electron chi connectivity index (χ2n) is 5.97. The molecule has 0 aliphatic heterocycles. The van der Waals surface area contributed by atoms with Crippen molar-refractivity contribution in [1.82, 2.24) is 0 Å². The van der Waals surface area contributed by atoms with Crippen LogP contribution in [0.3, 0.4) is 0 Å². The van der Waals surface area contributed by atoms with Crippen LogP contribution in [-0.4, -0.2) is 17.9 Å². The first-order chi connectivity index (χ1) is 12.0. The van der Waals surface area contributed by atoms with E-state index in [1.54, 1.807) is 24.3 Å². The fourth-order valence-corrected chi connectivity index (χ4v) is 2.38. The molecule has 2 aromatic carbocycles. The average molecular weight is 340 g/mol. The quantitative estimate of drug-likeness (QED) is 0.749. The van der Waals surface area contributed by atoms with Crippen LogP contribution in [0.1, 0.15) is 32.8 Å². The van der Waals surface area contributed by atoms with Crippen molar-refractivity contribution in [2.45, 2.75) is 39.7 Å². The van der Waals surface area contributed by atoms with Gasteiger partial charge in [-0.1, -0.05) is 25.1 Å². The largest absolute Gasteiger partial charge is 0.491 e. The Kier molecular flexibility index (Phi) is 6.57. The van der Waals surface area contributed by atoms with Crippen molar-refractivity contribution in [2.75, 3.05) is 10.6 Å². The number of rotatable bonds is 7. The molecule has 2 rings (SSSR count). The average Bonchev–Trinajstić information content (AvgIpc) is 2.56. The molecule has 0 aliphatic rings. The van der Waals surface area contributed by atoms with Crippen LogP contribution in [0.15, 0.2) is 48.5 Å². The number of benzene rings is 2. The van der Waals surface area contributed by atoms with Crippen LogP contribution in [0.5, 0.6) is 5.75 Å². The summed E-state index contributed by atoms with van der Waals surface area (Å²) in [5.74, 6) is 0.0454. The molecule has 0 unspecified atom stereocenters. The van der Waals surface area contributed by atoms with Crippen LogP contribution >= 0.6 is 0 Å². The minimum Gasteiger partial charge on any atom is -0.491 e. The van der Waals surface area contributed by atoms with Gasteiger partial charge in [0.1, 0.15) is 12.2 Å². The second kappa shape index (κ2) is 8.87. The molecule has 132 valence electrons. The van der Waals surface area contributed by atoms with E-state index in [4.69, 9.17) is 4.74 Å². The van der Waals surface area contributed by atoms with Gasteiger partial charge in [0.2, 0.25) is 11.8 Å². The van der Waals surface area contributed by atoms with Gasteiger partial charge in [-0.15, -0.1) is 0 Å². The maximum Gasteiger partial charge on any atom is 0.233 e. The number of carbonyl (C=O) groups is 2. The maximum absolute atomic E-state index is 12.1. The Morgan fingerprint density at radius 1 is 0.960 bits per heavy atom. The summed E-state index contributed by atoms with van der Waals surface area (Å²) in [5.41, 5.74) is 2.41. The minimum absolute atomic E-state index is 0.0927. The first kappa shape index (κ1) is 18.5. The zero-order chi connectivity index (χ0) is 18.2. The lowest BCUT2D eigenvalue weighted by Gasteiger charge is -2.11. The summed E-state index contributed by atoms with van der Waals surface area (Å²) in [6.45, 7) is 5.92. The van der Waals surface area contributed by atoms with Gasteiger partial charge >= 0.3 is 0 Å². The number of para-hydroxylation sites is 1. The molecule has 0 spiro atoms. The smallest absolute Gasteiger partial charge is 0.233 e. The second-order valence-corrected chi connectivity index (χ2v) is 5.97. The molecule has 0 aliphatic carbocycles. The zero-order valence-corrected chi connectivity index (χ0v) is 14.8. The summed E-state index contributed by atoms with van der Waals surface area (Å²) >= 11 is 0. The van der Waals surface area contributed by atoms with Gasteiger partial charge in [-0.25, -0.2) is 0 Å². The van der Waals surface area contributed by atoms with Crippen LogP contribution in [0.25, 0.3) is 0 Å². The number of carbonyl (C=O) groups excluding carboxylic acids is 2. The van der Waals surface area contributed by atoms with E-state index in [0.29, 0.717) is 5.69 Å². The summed E-state index contributed by atoms with van der Waals surface area (Å²) in [6.07, 6.45) is 0.672. The van der Waals surface area contributed by atoms with Gasteiger partial charge in [-0.2, -0.15) is 0 Å². The third kappa shape index (κ3) is 5.95. The van der Waals surface area contributed by atoms with Crippen LogP contribution < -0.4 is 15.4 Å². The van der Waals surface area contributed by atoms with Crippen molar-refractivity contribution in [3.8, 4) is 5.75 Å². The molecule has 2 aromatic rings. The number of ether oxygens (including phenoxy) is 1. The molecule has 0 aromatic heterocycles. The SMILES string of the molecule is CCc1ccccc1NC(=O)CC(=O)Nc1ccc(OC(C)C)cc1. The van der Waals surface area contributed by atoms with Gasteiger partial charge in [-0.3, -0.25) is 9.59 Å². The Morgan fingerprint density at radius 3 is 2.24 bits per heavy atom. The molecule has 25 heavy (non-hydrogen) atoms. The van der Waals surface area contributed by atoms with Crippen molar-refractivity contribution in [2.24, 2.45) is 0 Å². The fraction of sp³-hybridized carbons (Fsp3) is 0.300. The molecule has 0 heterocycles. The first-order valence-corrected chi connectivity index (χ1v) is 8.42. The monoisotopic (exact) mass is 340 g/mol. The van der Waals surface area contributed by atoms with E-state index >= 15 is 0 Å². The first-order valence-electron chi connectivity index (χ1n) is 8.42. The van der Waals surface area contributed by atoms with Crippen LogP contribution in [-0.2, 0) is 16.0 Å². The van der Waals surface area contributed by atoms with E-state index in [0.717, 1.165) is 23.4 Å². The number of amides is 2. The van der Waals surface area contributed by atoms with E-state index < -0.39 is 0 Å². The summed E-state index contributed by atoms with van der Waals surface area (Å²) in [4.78, 5) is 24.1. The van der Waals surface area contributed by atoms with Crippen molar-refractivity contribution >= 4 is 23.2 Å². The molecule has 0 fully saturated rings. The third-order valence-electron chi connectivity index (χ3n) is 3.50. The molecular weight excluding hydrogens is 316 g/mol. The van der Waals surface area contributed by atoms with Gasteiger partial charge in [0.05, 0.1) is 6.10 Å². The van der Waals surface area contributed by atoms with E-state index in [2.05, 4.69) is 10.6 Å². The third-order valence-corrected chi connectivity index (χ3v) is 3.50. The normalized spacial score (nSPS) is 10.4. The highest BCUT2D eigenvalue weighted by atomic mass is 16.5. The maximum atomic E-state index is 12.1. The number of hydrogen-bond acceptors (Lipinski definition) is 3. The summed E-state index contributed by atoms with van der Waals surface area (Å²) < 4.78 is 5.55. The molecule has 0 radical (unpaired) electrons. The highest BCUT2D eigenvalue weighted by Gasteiger charge is 2.11. The van der Waals surface area contributed by atoms with Gasteiger partial charge in [0, 0.05) is 11.4 Å². The van der Waals surface area contributed by atoms with Gasteiger partial charge in [-0.05, 0) is 56.2 Å². The lowest BCUT2D eigenvalue weighted by Crippen LogP contribution is -2.21. The molecule has 0 atom stereocenters. The Hall–Kier alpha value is -2.82. The van der Waals surface area contributed by atoms with Crippen molar-refractivity contribution in [3.63, 3.8) is 0 Å². The Morgan fingerprint density at radius 2 is 1.60 bits per heavy atom. The summed E-state index contributed by atoms with van der Waals surface area (Å²) in [6, 6.07) is 14.6. The van der Waals surface area contributed by atoms with Gasteiger partial charge in [0.15, 0.2) is 0 Å². The van der Waals surface area contributed by atoms with Crippen LogP contribution in [0, 0.1) is 0 Å². The molecule has 2 amide bonds. The van der Waals surface area contributed by atoms with Gasteiger partial charge in [0.25, 0.3) is 0 Å². The lowest BCUT2D eigenvalue weighted by molar-refractivity contribution is -0.123. The Bertz CT molecular complexity index is 724. The molecular formula is C20H24N2O3. The highest BCUT2D eigenvalue weighted by Crippen LogP contribution is 2.18. The predicted octanol–water partition coefficient (Wildman–Crippen LogP) is 4.00.